The maximum absolute atomic E-state index is 11.9. The summed E-state index contributed by atoms with van der Waals surface area (Å²) >= 11 is 1.67. The minimum atomic E-state index is -0.254. The first kappa shape index (κ1) is 11.2. The van der Waals surface area contributed by atoms with Gasteiger partial charge in [-0.1, -0.05) is 0 Å². The summed E-state index contributed by atoms with van der Waals surface area (Å²) in [5, 5.41) is 8.67. The Bertz CT molecular complexity index is 620. The predicted molar refractivity (Wildman–Crippen MR) is 71.6 cm³/mol. The second-order valence-electron chi connectivity index (χ2n) is 4.37. The molecule has 92 valence electrons. The van der Waals surface area contributed by atoms with Crippen molar-refractivity contribution in [1.29, 1.82) is 0 Å². The molecule has 1 atom stereocenters. The van der Waals surface area contributed by atoms with Gasteiger partial charge in [0.15, 0.2) is 0 Å². The van der Waals surface area contributed by atoms with Gasteiger partial charge in [0.25, 0.3) is 0 Å². The van der Waals surface area contributed by atoms with Gasteiger partial charge in [-0.25, -0.2) is 0 Å². The highest BCUT2D eigenvalue weighted by Gasteiger charge is 2.27. The molecule has 1 aliphatic rings. The van der Waals surface area contributed by atoms with Crippen LogP contribution in [0.5, 0.6) is 0 Å². The van der Waals surface area contributed by atoms with Crippen LogP contribution in [0.1, 0.15) is 6.42 Å². The van der Waals surface area contributed by atoms with E-state index in [-0.39, 0.29) is 24.2 Å². The molecule has 0 spiro atoms. The summed E-state index contributed by atoms with van der Waals surface area (Å²) < 4.78 is 1.20. The van der Waals surface area contributed by atoms with Crippen LogP contribution in [-0.2, 0) is 9.59 Å². The van der Waals surface area contributed by atoms with E-state index in [1.165, 1.54) is 4.70 Å². The van der Waals surface area contributed by atoms with Crippen LogP contribution < -0.4 is 10.6 Å². The summed E-state index contributed by atoms with van der Waals surface area (Å²) in [7, 11) is 0. The molecule has 3 rings (SSSR count). The van der Waals surface area contributed by atoms with Crippen molar-refractivity contribution in [2.45, 2.75) is 6.42 Å². The van der Waals surface area contributed by atoms with Gasteiger partial charge in [-0.15, -0.1) is 11.3 Å². The fraction of sp³-hybridized carbons (Fsp3) is 0.231. The molecular formula is C13H12N2O2S. The molecule has 1 saturated heterocycles. The first-order valence-corrected chi connectivity index (χ1v) is 6.65. The van der Waals surface area contributed by atoms with E-state index in [4.69, 9.17) is 0 Å². The molecule has 0 radical (unpaired) electrons. The highest BCUT2D eigenvalue weighted by Crippen LogP contribution is 2.24. The molecular weight excluding hydrogens is 248 g/mol. The number of anilines is 1. The molecule has 1 aromatic carbocycles. The summed E-state index contributed by atoms with van der Waals surface area (Å²) in [4.78, 5) is 23.0. The van der Waals surface area contributed by atoms with Gasteiger partial charge in [-0.2, -0.15) is 0 Å². The van der Waals surface area contributed by atoms with Gasteiger partial charge in [0.05, 0.1) is 5.92 Å². The third-order valence-electron chi connectivity index (χ3n) is 3.07. The van der Waals surface area contributed by atoms with E-state index in [1.807, 2.05) is 29.6 Å². The van der Waals surface area contributed by atoms with Crippen LogP contribution in [0.2, 0.25) is 0 Å². The zero-order valence-corrected chi connectivity index (χ0v) is 10.4. The normalized spacial score (nSPS) is 18.9. The standard InChI is InChI=1S/C13H12N2O2S/c16-12-6-9(7-14-12)13(17)15-10-1-2-11-8(5-10)3-4-18-11/h1-5,9H,6-7H2,(H,14,16)(H,15,17). The molecule has 18 heavy (non-hydrogen) atoms. The Balaban J connectivity index is 1.75. The Hall–Kier alpha value is -1.88. The van der Waals surface area contributed by atoms with Gasteiger partial charge in [0, 0.05) is 23.4 Å². The topological polar surface area (TPSA) is 58.2 Å². The quantitative estimate of drug-likeness (QED) is 0.867. The largest absolute Gasteiger partial charge is 0.355 e. The van der Waals surface area contributed by atoms with E-state index < -0.39 is 0 Å². The Labute approximate surface area is 108 Å². The molecule has 2 N–H and O–H groups in total. The average Bonchev–Trinajstić information content (AvgIpc) is 2.96. The van der Waals surface area contributed by atoms with E-state index in [0.29, 0.717) is 6.54 Å². The molecule has 0 saturated carbocycles. The number of carbonyl (C=O) groups excluding carboxylic acids is 2. The third-order valence-corrected chi connectivity index (χ3v) is 3.97. The molecule has 5 heteroatoms. The average molecular weight is 260 g/mol. The van der Waals surface area contributed by atoms with Crippen molar-refractivity contribution in [3.63, 3.8) is 0 Å². The first-order valence-electron chi connectivity index (χ1n) is 5.77. The second kappa shape index (κ2) is 4.42. The van der Waals surface area contributed by atoms with Crippen molar-refractivity contribution in [3.8, 4) is 0 Å². The highest BCUT2D eigenvalue weighted by molar-refractivity contribution is 7.17. The second-order valence-corrected chi connectivity index (χ2v) is 5.32. The lowest BCUT2D eigenvalue weighted by Gasteiger charge is -2.09. The summed E-state index contributed by atoms with van der Waals surface area (Å²) in [6.45, 7) is 0.436. The fourth-order valence-electron chi connectivity index (χ4n) is 2.08. The molecule has 1 aromatic heterocycles. The van der Waals surface area contributed by atoms with Crippen LogP contribution >= 0.6 is 11.3 Å². The smallest absolute Gasteiger partial charge is 0.229 e. The number of hydrogen-bond acceptors (Lipinski definition) is 3. The van der Waals surface area contributed by atoms with Gasteiger partial charge in [-0.05, 0) is 35.0 Å². The van der Waals surface area contributed by atoms with Crippen LogP contribution in [0.15, 0.2) is 29.6 Å². The Morgan fingerprint density at radius 2 is 2.28 bits per heavy atom. The zero-order chi connectivity index (χ0) is 12.5. The van der Waals surface area contributed by atoms with Gasteiger partial charge in [-0.3, -0.25) is 9.59 Å². The summed E-state index contributed by atoms with van der Waals surface area (Å²) in [5.74, 6) is -0.401. The third kappa shape index (κ3) is 2.09. The SMILES string of the molecule is O=C1CC(C(=O)Nc2ccc3sccc3c2)CN1. The maximum atomic E-state index is 11.9. The van der Waals surface area contributed by atoms with Crippen molar-refractivity contribution < 1.29 is 9.59 Å². The molecule has 1 aliphatic heterocycles. The van der Waals surface area contributed by atoms with Crippen molar-refractivity contribution in [2.24, 2.45) is 5.92 Å². The van der Waals surface area contributed by atoms with E-state index in [2.05, 4.69) is 10.6 Å². The molecule has 1 fully saturated rings. The molecule has 4 nitrogen and oxygen atoms in total. The summed E-state index contributed by atoms with van der Waals surface area (Å²) in [5.41, 5.74) is 0.783. The molecule has 1 unspecified atom stereocenters. The number of thiophene rings is 1. The van der Waals surface area contributed by atoms with Crippen molar-refractivity contribution in [3.05, 3.63) is 29.6 Å². The lowest BCUT2D eigenvalue weighted by atomic mass is 10.1. The lowest BCUT2D eigenvalue weighted by Crippen LogP contribution is -2.24. The van der Waals surface area contributed by atoms with Crippen molar-refractivity contribution in [2.75, 3.05) is 11.9 Å². The number of rotatable bonds is 2. The fourth-order valence-corrected chi connectivity index (χ4v) is 2.85. The summed E-state index contributed by atoms with van der Waals surface area (Å²) in [6, 6.07) is 7.86. The van der Waals surface area contributed by atoms with Crippen LogP contribution in [0.3, 0.4) is 0 Å². The minimum absolute atomic E-state index is 0.0524. The monoisotopic (exact) mass is 260 g/mol. The van der Waals surface area contributed by atoms with Crippen molar-refractivity contribution >= 4 is 38.9 Å². The van der Waals surface area contributed by atoms with Crippen LogP contribution in [0.25, 0.3) is 10.1 Å². The first-order chi connectivity index (χ1) is 8.72. The van der Waals surface area contributed by atoms with Gasteiger partial charge >= 0.3 is 0 Å². The number of hydrogen-bond donors (Lipinski definition) is 2. The van der Waals surface area contributed by atoms with Crippen LogP contribution in [0, 0.1) is 5.92 Å². The molecule has 2 heterocycles. The van der Waals surface area contributed by atoms with Gasteiger partial charge < -0.3 is 10.6 Å². The van der Waals surface area contributed by atoms with Crippen molar-refractivity contribution in [1.82, 2.24) is 5.32 Å². The van der Waals surface area contributed by atoms with E-state index in [9.17, 15) is 9.59 Å². The Morgan fingerprint density at radius 3 is 3.06 bits per heavy atom. The van der Waals surface area contributed by atoms with Gasteiger partial charge in [0.2, 0.25) is 11.8 Å². The van der Waals surface area contributed by atoms with Crippen LogP contribution in [0.4, 0.5) is 5.69 Å². The molecule has 2 aromatic rings. The number of amides is 2. The maximum Gasteiger partial charge on any atom is 0.229 e. The zero-order valence-electron chi connectivity index (χ0n) is 9.60. The molecule has 0 aliphatic carbocycles. The number of fused-ring (bicyclic) bond motifs is 1. The number of carbonyl (C=O) groups is 2. The van der Waals surface area contributed by atoms with Gasteiger partial charge in [0.1, 0.15) is 0 Å². The highest BCUT2D eigenvalue weighted by atomic mass is 32.1. The molecule has 0 bridgehead atoms. The Kier molecular flexibility index (Phi) is 2.76. The van der Waals surface area contributed by atoms with Crippen LogP contribution in [-0.4, -0.2) is 18.4 Å². The summed E-state index contributed by atoms with van der Waals surface area (Å²) in [6.07, 6.45) is 0.284. The van der Waals surface area contributed by atoms with E-state index in [0.717, 1.165) is 11.1 Å². The molecule has 2 amide bonds. The van der Waals surface area contributed by atoms with E-state index in [1.54, 1.807) is 11.3 Å². The minimum Gasteiger partial charge on any atom is -0.355 e. The number of benzene rings is 1. The lowest BCUT2D eigenvalue weighted by molar-refractivity contribution is -0.123. The van der Waals surface area contributed by atoms with E-state index >= 15 is 0 Å². The predicted octanol–water partition coefficient (Wildman–Crippen LogP) is 1.98. The Morgan fingerprint density at radius 1 is 1.39 bits per heavy atom. The number of nitrogens with one attached hydrogen (secondary N) is 2.